The summed E-state index contributed by atoms with van der Waals surface area (Å²) >= 11 is 0. The summed E-state index contributed by atoms with van der Waals surface area (Å²) in [6.07, 6.45) is 0. The molecule has 2 aromatic heterocycles. The first-order valence-corrected chi connectivity index (χ1v) is 8.60. The van der Waals surface area contributed by atoms with Crippen molar-refractivity contribution >= 4 is 17.7 Å². The quantitative estimate of drug-likeness (QED) is 0.188. The average Bonchev–Trinajstić information content (AvgIpc) is 2.82. The number of benzene rings is 1. The van der Waals surface area contributed by atoms with E-state index in [1.165, 1.54) is 6.07 Å². The number of hydrogen-bond acceptors (Lipinski definition) is 8. The normalized spacial score (nSPS) is 10.2. The fourth-order valence-electron chi connectivity index (χ4n) is 2.82. The zero-order chi connectivity index (χ0) is 21.7. The Bertz CT molecular complexity index is 1120. The lowest BCUT2D eigenvalue weighted by molar-refractivity contribution is 0.0916. The van der Waals surface area contributed by atoms with Crippen LogP contribution >= 0.6 is 0 Å². The Morgan fingerprint density at radius 3 is 2.00 bits per heavy atom. The average molecular weight is 406 g/mol. The molecule has 30 heavy (non-hydrogen) atoms. The number of pyridine rings is 2. The van der Waals surface area contributed by atoms with Gasteiger partial charge in [0.2, 0.25) is 0 Å². The molecule has 9 N–H and O–H groups in total. The summed E-state index contributed by atoms with van der Waals surface area (Å²) in [5, 5.41) is 0. The Labute approximate surface area is 170 Å². The van der Waals surface area contributed by atoms with Gasteiger partial charge in [-0.2, -0.15) is 0 Å². The second kappa shape index (κ2) is 8.87. The van der Waals surface area contributed by atoms with Crippen LogP contribution < -0.4 is 33.8 Å². The highest BCUT2D eigenvalue weighted by molar-refractivity contribution is 6.10. The topological polar surface area (TPSA) is 191 Å². The summed E-state index contributed by atoms with van der Waals surface area (Å²) < 4.78 is 0. The van der Waals surface area contributed by atoms with Crippen LogP contribution in [0.4, 0.5) is 0 Å². The molecule has 0 saturated heterocycles. The van der Waals surface area contributed by atoms with E-state index in [-0.39, 0.29) is 28.2 Å². The highest BCUT2D eigenvalue weighted by Gasteiger charge is 2.25. The number of amides is 3. The highest BCUT2D eigenvalue weighted by atomic mass is 16.2. The van der Waals surface area contributed by atoms with Crippen molar-refractivity contribution in [3.63, 3.8) is 0 Å². The molecular formula is C19H18N8O3. The summed E-state index contributed by atoms with van der Waals surface area (Å²) in [6.45, 7) is 0. The number of carbonyl (C=O) groups excluding carboxylic acids is 3. The van der Waals surface area contributed by atoms with Crippen LogP contribution in [-0.2, 0) is 0 Å². The van der Waals surface area contributed by atoms with Gasteiger partial charge in [-0.15, -0.1) is 0 Å². The number of nitrogens with one attached hydrogen (secondary N) is 3. The maximum Gasteiger partial charge on any atom is 0.284 e. The van der Waals surface area contributed by atoms with Crippen molar-refractivity contribution in [2.45, 2.75) is 0 Å². The van der Waals surface area contributed by atoms with Gasteiger partial charge >= 0.3 is 0 Å². The van der Waals surface area contributed by atoms with Gasteiger partial charge in [-0.05, 0) is 18.2 Å². The molecule has 152 valence electrons. The van der Waals surface area contributed by atoms with Crippen molar-refractivity contribution in [2.24, 2.45) is 17.5 Å². The Morgan fingerprint density at radius 1 is 0.700 bits per heavy atom. The Hall–Kier alpha value is -4.19. The van der Waals surface area contributed by atoms with Crippen LogP contribution in [0.15, 0.2) is 54.6 Å². The summed E-state index contributed by atoms with van der Waals surface area (Å²) in [5.41, 5.74) is 7.06. The third kappa shape index (κ3) is 3.98. The third-order valence-corrected chi connectivity index (χ3v) is 4.18. The van der Waals surface area contributed by atoms with Gasteiger partial charge in [0.15, 0.2) is 0 Å². The van der Waals surface area contributed by atoms with E-state index in [1.807, 2.05) is 22.3 Å². The van der Waals surface area contributed by atoms with Crippen LogP contribution in [0.5, 0.6) is 0 Å². The number of aromatic nitrogens is 2. The molecule has 1 aromatic carbocycles. The summed E-state index contributed by atoms with van der Waals surface area (Å²) in [7, 11) is 0. The molecule has 0 radical (unpaired) electrons. The van der Waals surface area contributed by atoms with Crippen LogP contribution in [0.2, 0.25) is 0 Å². The summed E-state index contributed by atoms with van der Waals surface area (Å²) in [5.74, 6) is 13.6. The first-order chi connectivity index (χ1) is 14.5. The molecule has 0 unspecified atom stereocenters. The first kappa shape index (κ1) is 20.5. The standard InChI is InChI=1S/C19H18N8O3/c20-25-17(28)13-8-4-7-12(23-13)11-9-14(10-5-2-1-3-6-10)24-16(19(30)27-22)15(11)18(29)26-21/h1-9H,20-22H2,(H,25,28)(H,26,29)(H,27,30). The van der Waals surface area contributed by atoms with Gasteiger partial charge in [0.25, 0.3) is 17.7 Å². The molecule has 3 aromatic rings. The van der Waals surface area contributed by atoms with E-state index >= 15 is 0 Å². The molecule has 3 amide bonds. The van der Waals surface area contributed by atoms with Crippen LogP contribution in [0.25, 0.3) is 22.5 Å². The lowest BCUT2D eigenvalue weighted by atomic mass is 9.98. The maximum atomic E-state index is 12.5. The number of nitrogens with two attached hydrogens (primary N) is 3. The monoisotopic (exact) mass is 406 g/mol. The van der Waals surface area contributed by atoms with E-state index in [9.17, 15) is 14.4 Å². The Morgan fingerprint density at radius 2 is 1.37 bits per heavy atom. The molecule has 0 atom stereocenters. The molecule has 0 saturated carbocycles. The largest absolute Gasteiger partial charge is 0.290 e. The number of hydrogen-bond donors (Lipinski definition) is 6. The van der Waals surface area contributed by atoms with E-state index in [2.05, 4.69) is 9.97 Å². The highest BCUT2D eigenvalue weighted by Crippen LogP contribution is 2.29. The minimum absolute atomic E-state index is 0.0111. The van der Waals surface area contributed by atoms with Gasteiger partial charge in [-0.25, -0.2) is 27.5 Å². The molecular weight excluding hydrogens is 388 g/mol. The first-order valence-electron chi connectivity index (χ1n) is 8.60. The summed E-state index contributed by atoms with van der Waals surface area (Å²) in [4.78, 5) is 45.4. The molecule has 0 aliphatic carbocycles. The lowest BCUT2D eigenvalue weighted by Crippen LogP contribution is -2.36. The molecule has 0 spiro atoms. The van der Waals surface area contributed by atoms with Gasteiger partial charge in [0, 0.05) is 11.1 Å². The van der Waals surface area contributed by atoms with Gasteiger partial charge in [0.1, 0.15) is 11.4 Å². The second-order valence-corrected chi connectivity index (χ2v) is 5.97. The molecule has 0 aliphatic heterocycles. The van der Waals surface area contributed by atoms with Crippen LogP contribution in [0.3, 0.4) is 0 Å². The number of nitrogens with zero attached hydrogens (tertiary/aromatic N) is 2. The number of nitrogen functional groups attached to an aromatic ring is 3. The van der Waals surface area contributed by atoms with Gasteiger partial charge in [0.05, 0.1) is 17.0 Å². The van der Waals surface area contributed by atoms with Crippen molar-refractivity contribution < 1.29 is 14.4 Å². The van der Waals surface area contributed by atoms with E-state index in [0.29, 0.717) is 11.3 Å². The molecule has 11 nitrogen and oxygen atoms in total. The van der Waals surface area contributed by atoms with Crippen molar-refractivity contribution in [2.75, 3.05) is 0 Å². The molecule has 3 rings (SSSR count). The SMILES string of the molecule is NNC(=O)c1cccc(-c2cc(-c3ccccc3)nc(C(=O)NN)c2C(=O)NN)n1. The minimum Gasteiger partial charge on any atom is -0.290 e. The van der Waals surface area contributed by atoms with Crippen molar-refractivity contribution in [3.05, 3.63) is 71.5 Å². The Kier molecular flexibility index (Phi) is 6.08. The third-order valence-electron chi connectivity index (χ3n) is 4.18. The predicted octanol–water partition coefficient (Wildman–Crippen LogP) is -0.379. The number of hydrazine groups is 3. The second-order valence-electron chi connectivity index (χ2n) is 5.97. The molecule has 0 bridgehead atoms. The molecule has 0 aliphatic rings. The Balaban J connectivity index is 2.35. The van der Waals surface area contributed by atoms with E-state index in [4.69, 9.17) is 17.5 Å². The van der Waals surface area contributed by atoms with Crippen molar-refractivity contribution in [3.8, 4) is 22.5 Å². The van der Waals surface area contributed by atoms with Crippen molar-refractivity contribution in [1.29, 1.82) is 0 Å². The number of rotatable bonds is 5. The van der Waals surface area contributed by atoms with Crippen LogP contribution in [-0.4, -0.2) is 27.7 Å². The van der Waals surface area contributed by atoms with Crippen LogP contribution in [0, 0.1) is 0 Å². The fourth-order valence-corrected chi connectivity index (χ4v) is 2.82. The van der Waals surface area contributed by atoms with E-state index < -0.39 is 17.7 Å². The smallest absolute Gasteiger partial charge is 0.284 e. The predicted molar refractivity (Wildman–Crippen MR) is 108 cm³/mol. The van der Waals surface area contributed by atoms with Gasteiger partial charge in [-0.3, -0.25) is 30.7 Å². The lowest BCUT2D eigenvalue weighted by Gasteiger charge is -2.15. The van der Waals surface area contributed by atoms with Crippen LogP contribution in [0.1, 0.15) is 31.3 Å². The molecule has 0 fully saturated rings. The zero-order valence-electron chi connectivity index (χ0n) is 15.5. The molecule has 11 heteroatoms. The zero-order valence-corrected chi connectivity index (χ0v) is 15.5. The van der Waals surface area contributed by atoms with Gasteiger partial charge in [-0.1, -0.05) is 36.4 Å². The van der Waals surface area contributed by atoms with Crippen molar-refractivity contribution in [1.82, 2.24) is 26.2 Å². The fraction of sp³-hybridized carbons (Fsp3) is 0. The maximum absolute atomic E-state index is 12.5. The van der Waals surface area contributed by atoms with E-state index in [0.717, 1.165) is 0 Å². The van der Waals surface area contributed by atoms with E-state index in [1.54, 1.807) is 42.5 Å². The number of carbonyl (C=O) groups is 3. The molecule has 2 heterocycles. The summed E-state index contributed by atoms with van der Waals surface area (Å²) in [6, 6.07) is 15.1. The van der Waals surface area contributed by atoms with Gasteiger partial charge < -0.3 is 0 Å². The minimum atomic E-state index is -0.802.